The number of carbonyl (C=O) groups is 2. The van der Waals surface area contributed by atoms with Gasteiger partial charge in [0.05, 0.1) is 13.0 Å². The predicted molar refractivity (Wildman–Crippen MR) is 121 cm³/mol. The van der Waals surface area contributed by atoms with Crippen molar-refractivity contribution in [2.75, 3.05) is 31.6 Å². The van der Waals surface area contributed by atoms with Crippen LogP contribution in [0.1, 0.15) is 30.4 Å². The van der Waals surface area contributed by atoms with Gasteiger partial charge in [0.1, 0.15) is 5.75 Å². The Kier molecular flexibility index (Phi) is 6.44. The molecule has 2 heterocycles. The van der Waals surface area contributed by atoms with Gasteiger partial charge in [0.2, 0.25) is 11.8 Å². The zero-order valence-electron chi connectivity index (χ0n) is 18.3. The van der Waals surface area contributed by atoms with Gasteiger partial charge in [0.15, 0.2) is 0 Å². The summed E-state index contributed by atoms with van der Waals surface area (Å²) in [5.41, 5.74) is 3.48. The molecule has 6 nitrogen and oxygen atoms in total. The quantitative estimate of drug-likeness (QED) is 0.779. The Hall–Kier alpha value is -3.02. The maximum atomic E-state index is 12.8. The highest BCUT2D eigenvalue weighted by Gasteiger charge is 2.35. The van der Waals surface area contributed by atoms with Crippen molar-refractivity contribution in [1.82, 2.24) is 10.2 Å². The van der Waals surface area contributed by atoms with Crippen LogP contribution in [0.15, 0.2) is 48.5 Å². The van der Waals surface area contributed by atoms with Crippen molar-refractivity contribution >= 4 is 17.5 Å². The number of ether oxygens (including phenoxy) is 1. The van der Waals surface area contributed by atoms with Crippen LogP contribution in [0.3, 0.4) is 0 Å². The summed E-state index contributed by atoms with van der Waals surface area (Å²) in [6.45, 7) is 4.93. The number of carbonyl (C=O) groups excluding carboxylic acids is 2. The smallest absolute Gasteiger partial charge is 0.225 e. The van der Waals surface area contributed by atoms with Gasteiger partial charge < -0.3 is 19.9 Å². The van der Waals surface area contributed by atoms with Crippen molar-refractivity contribution in [3.63, 3.8) is 0 Å². The van der Waals surface area contributed by atoms with Crippen molar-refractivity contribution < 1.29 is 14.3 Å². The number of benzene rings is 2. The van der Waals surface area contributed by atoms with Gasteiger partial charge in [-0.15, -0.1) is 0 Å². The van der Waals surface area contributed by atoms with Crippen LogP contribution in [0.25, 0.3) is 0 Å². The Morgan fingerprint density at radius 3 is 2.39 bits per heavy atom. The maximum absolute atomic E-state index is 12.8. The van der Waals surface area contributed by atoms with Gasteiger partial charge in [-0.05, 0) is 49.6 Å². The van der Waals surface area contributed by atoms with E-state index in [1.54, 1.807) is 12.0 Å². The highest BCUT2D eigenvalue weighted by Crippen LogP contribution is 2.24. The van der Waals surface area contributed by atoms with Crippen LogP contribution in [0.4, 0.5) is 5.69 Å². The molecule has 0 spiro atoms. The average Bonchev–Trinajstić information content (AvgIpc) is 3.16. The largest absolute Gasteiger partial charge is 0.497 e. The minimum atomic E-state index is -0.252. The van der Waals surface area contributed by atoms with Crippen LogP contribution >= 0.6 is 0 Å². The molecule has 164 valence electrons. The van der Waals surface area contributed by atoms with Crippen LogP contribution in [-0.2, 0) is 16.1 Å². The average molecular weight is 422 g/mol. The van der Waals surface area contributed by atoms with Crippen molar-refractivity contribution in [1.29, 1.82) is 0 Å². The number of nitrogens with one attached hydrogen (secondary N) is 1. The molecule has 1 unspecified atom stereocenters. The van der Waals surface area contributed by atoms with Crippen molar-refractivity contribution in [3.05, 3.63) is 59.7 Å². The number of piperidine rings is 1. The summed E-state index contributed by atoms with van der Waals surface area (Å²) >= 11 is 0. The molecule has 2 aliphatic rings. The number of methoxy groups -OCH3 is 1. The molecule has 1 N–H and O–H groups in total. The summed E-state index contributed by atoms with van der Waals surface area (Å²) in [5.74, 6) is 0.684. The molecule has 1 atom stereocenters. The minimum Gasteiger partial charge on any atom is -0.497 e. The van der Waals surface area contributed by atoms with E-state index in [9.17, 15) is 9.59 Å². The highest BCUT2D eigenvalue weighted by atomic mass is 16.5. The molecule has 2 amide bonds. The molecule has 2 fully saturated rings. The topological polar surface area (TPSA) is 61.9 Å². The van der Waals surface area contributed by atoms with E-state index in [1.807, 2.05) is 31.2 Å². The van der Waals surface area contributed by atoms with E-state index in [0.717, 1.165) is 37.2 Å². The van der Waals surface area contributed by atoms with Crippen LogP contribution in [-0.4, -0.2) is 49.5 Å². The van der Waals surface area contributed by atoms with E-state index in [1.165, 1.54) is 11.3 Å². The van der Waals surface area contributed by atoms with E-state index in [4.69, 9.17) is 4.74 Å². The number of nitrogens with zero attached hydrogens (tertiary/aromatic N) is 2. The van der Waals surface area contributed by atoms with Gasteiger partial charge in [-0.1, -0.05) is 29.8 Å². The van der Waals surface area contributed by atoms with E-state index in [-0.39, 0.29) is 23.8 Å². The van der Waals surface area contributed by atoms with E-state index >= 15 is 0 Å². The molecule has 0 aliphatic carbocycles. The Bertz CT molecular complexity index is 903. The third-order valence-corrected chi connectivity index (χ3v) is 6.36. The van der Waals surface area contributed by atoms with E-state index in [2.05, 4.69) is 34.5 Å². The molecule has 2 saturated heterocycles. The lowest BCUT2D eigenvalue weighted by atomic mass is 10.0. The molecule has 2 aliphatic heterocycles. The molecule has 6 heteroatoms. The van der Waals surface area contributed by atoms with Crippen LogP contribution in [0.2, 0.25) is 0 Å². The van der Waals surface area contributed by atoms with E-state index < -0.39 is 0 Å². The second kappa shape index (κ2) is 9.41. The summed E-state index contributed by atoms with van der Waals surface area (Å²) in [6, 6.07) is 16.5. The van der Waals surface area contributed by atoms with Gasteiger partial charge in [0.25, 0.3) is 0 Å². The second-order valence-corrected chi connectivity index (χ2v) is 8.63. The first-order valence-corrected chi connectivity index (χ1v) is 11.0. The number of hydrogen-bond acceptors (Lipinski definition) is 4. The molecular weight excluding hydrogens is 390 g/mol. The summed E-state index contributed by atoms with van der Waals surface area (Å²) in [7, 11) is 1.67. The Balaban J connectivity index is 1.25. The highest BCUT2D eigenvalue weighted by molar-refractivity contribution is 5.89. The molecular formula is C25H31N3O3. The first kappa shape index (κ1) is 21.2. The third-order valence-electron chi connectivity index (χ3n) is 6.36. The van der Waals surface area contributed by atoms with Gasteiger partial charge in [-0.2, -0.15) is 0 Å². The van der Waals surface area contributed by atoms with Crippen LogP contribution in [0.5, 0.6) is 5.75 Å². The molecule has 4 rings (SSSR count). The second-order valence-electron chi connectivity index (χ2n) is 8.63. The van der Waals surface area contributed by atoms with Crippen LogP contribution in [0, 0.1) is 12.8 Å². The fourth-order valence-electron chi connectivity index (χ4n) is 4.41. The number of anilines is 1. The number of rotatable bonds is 6. The monoisotopic (exact) mass is 421 g/mol. The number of amides is 2. The fourth-order valence-corrected chi connectivity index (χ4v) is 4.41. The van der Waals surface area contributed by atoms with Crippen molar-refractivity contribution in [3.8, 4) is 5.75 Å². The lowest BCUT2D eigenvalue weighted by Gasteiger charge is -2.34. The summed E-state index contributed by atoms with van der Waals surface area (Å²) in [5, 5.41) is 3.20. The SMILES string of the molecule is COc1ccc(N2CCC(NC(=O)C3CC(=O)N(Cc4ccc(C)cc4)C3)CC2)cc1. The zero-order chi connectivity index (χ0) is 21.8. The summed E-state index contributed by atoms with van der Waals surface area (Å²) in [4.78, 5) is 29.4. The van der Waals surface area contributed by atoms with Gasteiger partial charge in [-0.25, -0.2) is 0 Å². The standard InChI is InChI=1S/C25H31N3O3/c1-18-3-5-19(6-4-18)16-28-17-20(15-24(28)29)25(30)26-21-11-13-27(14-12-21)22-7-9-23(31-2)10-8-22/h3-10,20-21H,11-17H2,1-2H3,(H,26,30). The summed E-state index contributed by atoms with van der Waals surface area (Å²) in [6.07, 6.45) is 2.12. The predicted octanol–water partition coefficient (Wildman–Crippen LogP) is 3.14. The Morgan fingerprint density at radius 2 is 1.74 bits per heavy atom. The lowest BCUT2D eigenvalue weighted by molar-refractivity contribution is -0.129. The van der Waals surface area contributed by atoms with Gasteiger partial charge in [-0.3, -0.25) is 9.59 Å². The minimum absolute atomic E-state index is 0.0163. The van der Waals surface area contributed by atoms with Crippen LogP contribution < -0.4 is 15.0 Å². The molecule has 0 aromatic heterocycles. The molecule has 0 saturated carbocycles. The number of aryl methyl sites for hydroxylation is 1. The zero-order valence-corrected chi connectivity index (χ0v) is 18.3. The Labute approximate surface area is 184 Å². The first-order chi connectivity index (χ1) is 15.0. The van der Waals surface area contributed by atoms with E-state index in [0.29, 0.717) is 19.5 Å². The molecule has 31 heavy (non-hydrogen) atoms. The number of hydrogen-bond donors (Lipinski definition) is 1. The van der Waals surface area contributed by atoms with Crippen molar-refractivity contribution in [2.45, 2.75) is 38.8 Å². The molecule has 0 radical (unpaired) electrons. The third kappa shape index (κ3) is 5.19. The molecule has 2 aromatic rings. The van der Waals surface area contributed by atoms with Gasteiger partial charge in [0, 0.05) is 44.3 Å². The summed E-state index contributed by atoms with van der Waals surface area (Å²) < 4.78 is 5.23. The molecule has 2 aromatic carbocycles. The maximum Gasteiger partial charge on any atom is 0.225 e. The number of likely N-dealkylation sites (tertiary alicyclic amines) is 1. The first-order valence-electron chi connectivity index (χ1n) is 11.0. The molecule has 0 bridgehead atoms. The Morgan fingerprint density at radius 1 is 1.06 bits per heavy atom. The van der Waals surface area contributed by atoms with Crippen molar-refractivity contribution in [2.24, 2.45) is 5.92 Å². The fraction of sp³-hybridized carbons (Fsp3) is 0.440. The van der Waals surface area contributed by atoms with Gasteiger partial charge >= 0.3 is 0 Å². The normalized spacial score (nSPS) is 19.5. The lowest BCUT2D eigenvalue weighted by Crippen LogP contribution is -2.46.